The number of ether oxygens (including phenoxy) is 2. The van der Waals surface area contributed by atoms with Crippen molar-refractivity contribution in [1.82, 2.24) is 5.32 Å². The zero-order chi connectivity index (χ0) is 17.5. The molecule has 0 saturated heterocycles. The second-order valence-corrected chi connectivity index (χ2v) is 7.54. The smallest absolute Gasteiger partial charge is 0.264 e. The third-order valence-electron chi connectivity index (χ3n) is 3.47. The fraction of sp³-hybridized carbons (Fsp3) is 0.412. The molecule has 1 aliphatic rings. The first-order valence-corrected chi connectivity index (χ1v) is 9.47. The summed E-state index contributed by atoms with van der Waals surface area (Å²) >= 11 is 3.07. The van der Waals surface area contributed by atoms with Crippen LogP contribution in [0.4, 0.5) is 0 Å². The molecule has 1 aromatic rings. The van der Waals surface area contributed by atoms with Crippen molar-refractivity contribution in [1.29, 1.82) is 5.26 Å². The molecule has 1 atom stereocenters. The molecular weight excluding hydrogens is 344 g/mol. The van der Waals surface area contributed by atoms with Crippen LogP contribution in [-0.4, -0.2) is 25.9 Å². The van der Waals surface area contributed by atoms with Crippen molar-refractivity contribution in [2.24, 2.45) is 0 Å². The van der Waals surface area contributed by atoms with Crippen molar-refractivity contribution in [3.63, 3.8) is 0 Å². The number of nitrogens with zero attached hydrogens (tertiary/aromatic N) is 1. The molecule has 1 heterocycles. The van der Waals surface area contributed by atoms with Gasteiger partial charge in [-0.2, -0.15) is 5.26 Å². The van der Waals surface area contributed by atoms with E-state index >= 15 is 0 Å². The molecule has 5 nitrogen and oxygen atoms in total. The van der Waals surface area contributed by atoms with Crippen LogP contribution >= 0.6 is 23.5 Å². The Labute approximate surface area is 150 Å². The molecule has 7 heteroatoms. The molecule has 24 heavy (non-hydrogen) atoms. The van der Waals surface area contributed by atoms with Gasteiger partial charge in [0.05, 0.1) is 18.5 Å². The molecule has 0 radical (unpaired) electrons. The lowest BCUT2D eigenvalue weighted by Crippen LogP contribution is -2.31. The molecule has 1 N–H and O–H groups in total. The largest absolute Gasteiger partial charge is 0.493 e. The molecule has 1 amide bonds. The summed E-state index contributed by atoms with van der Waals surface area (Å²) in [6, 6.07) is 7.58. The van der Waals surface area contributed by atoms with E-state index in [1.807, 2.05) is 24.3 Å². The Morgan fingerprint density at radius 1 is 1.33 bits per heavy atom. The van der Waals surface area contributed by atoms with Gasteiger partial charge in [0.15, 0.2) is 11.5 Å². The average Bonchev–Trinajstić information content (AvgIpc) is 2.61. The lowest BCUT2D eigenvalue weighted by molar-refractivity contribution is -0.117. The third kappa shape index (κ3) is 4.19. The Kier molecular flexibility index (Phi) is 6.88. The standard InChI is InChI=1S/C17H20N2O3S2/c1-4-5-8-23-17-12(10-18)15(20)19-16(24-17)11-6-7-13(21-2)14(9-11)22-3/h6-7,9,16H,4-5,8H2,1-3H3,(H,19,20). The molecular formula is C17H20N2O3S2. The number of amides is 1. The zero-order valence-corrected chi connectivity index (χ0v) is 15.6. The fourth-order valence-electron chi connectivity index (χ4n) is 2.16. The van der Waals surface area contributed by atoms with E-state index in [4.69, 9.17) is 9.47 Å². The predicted octanol–water partition coefficient (Wildman–Crippen LogP) is 3.83. The van der Waals surface area contributed by atoms with Crippen LogP contribution in [0.15, 0.2) is 28.0 Å². The maximum Gasteiger partial charge on any atom is 0.264 e. The van der Waals surface area contributed by atoms with Crippen LogP contribution in [-0.2, 0) is 4.79 Å². The van der Waals surface area contributed by atoms with Crippen LogP contribution in [0.2, 0.25) is 0 Å². The quantitative estimate of drug-likeness (QED) is 0.741. The van der Waals surface area contributed by atoms with Gasteiger partial charge in [-0.25, -0.2) is 0 Å². The maximum atomic E-state index is 12.3. The summed E-state index contributed by atoms with van der Waals surface area (Å²) in [5.74, 6) is 1.82. The van der Waals surface area contributed by atoms with Gasteiger partial charge >= 0.3 is 0 Å². The van der Waals surface area contributed by atoms with Gasteiger partial charge in [0.25, 0.3) is 5.91 Å². The minimum Gasteiger partial charge on any atom is -0.493 e. The van der Waals surface area contributed by atoms with E-state index in [0.717, 1.165) is 28.4 Å². The minimum atomic E-state index is -0.324. The van der Waals surface area contributed by atoms with Crippen LogP contribution in [0.3, 0.4) is 0 Å². The molecule has 128 valence electrons. The second-order valence-electron chi connectivity index (χ2n) is 5.06. The van der Waals surface area contributed by atoms with Gasteiger partial charge in [-0.05, 0) is 29.9 Å². The van der Waals surface area contributed by atoms with E-state index in [1.54, 1.807) is 26.0 Å². The molecule has 0 aliphatic carbocycles. The molecule has 0 fully saturated rings. The van der Waals surface area contributed by atoms with Crippen molar-refractivity contribution in [2.45, 2.75) is 25.1 Å². The molecule has 1 aliphatic heterocycles. The van der Waals surface area contributed by atoms with Gasteiger partial charge < -0.3 is 14.8 Å². The number of thioether (sulfide) groups is 2. The van der Waals surface area contributed by atoms with Gasteiger partial charge in [-0.3, -0.25) is 4.79 Å². The van der Waals surface area contributed by atoms with Crippen LogP contribution in [0.25, 0.3) is 0 Å². The summed E-state index contributed by atoms with van der Waals surface area (Å²) in [4.78, 5) is 12.3. The minimum absolute atomic E-state index is 0.206. The Balaban J connectivity index is 2.26. The molecule has 0 aromatic heterocycles. The van der Waals surface area contributed by atoms with E-state index < -0.39 is 0 Å². The first-order chi connectivity index (χ1) is 11.6. The highest BCUT2D eigenvalue weighted by Crippen LogP contribution is 2.45. The number of hydrogen-bond donors (Lipinski definition) is 1. The number of nitriles is 1. The van der Waals surface area contributed by atoms with Crippen molar-refractivity contribution < 1.29 is 14.3 Å². The van der Waals surface area contributed by atoms with Gasteiger partial charge in [-0.15, -0.1) is 11.8 Å². The second kappa shape index (κ2) is 8.90. The summed E-state index contributed by atoms with van der Waals surface area (Å²) < 4.78 is 11.4. The highest BCUT2D eigenvalue weighted by Gasteiger charge is 2.29. The number of rotatable bonds is 7. The summed E-state index contributed by atoms with van der Waals surface area (Å²) in [6.07, 6.45) is 2.13. The average molecular weight is 364 g/mol. The van der Waals surface area contributed by atoms with Gasteiger partial charge in [0.2, 0.25) is 0 Å². The van der Waals surface area contributed by atoms with Crippen molar-refractivity contribution >= 4 is 29.4 Å². The molecule has 2 rings (SSSR count). The number of methoxy groups -OCH3 is 2. The normalized spacial score (nSPS) is 17.2. The Morgan fingerprint density at radius 3 is 2.71 bits per heavy atom. The number of unbranched alkanes of at least 4 members (excludes halogenated alkanes) is 1. The Morgan fingerprint density at radius 2 is 2.08 bits per heavy atom. The van der Waals surface area contributed by atoms with Gasteiger partial charge in [-0.1, -0.05) is 31.2 Å². The number of nitrogens with one attached hydrogen (secondary N) is 1. The summed E-state index contributed by atoms with van der Waals surface area (Å²) in [7, 11) is 3.16. The van der Waals surface area contributed by atoms with Crippen molar-refractivity contribution in [2.75, 3.05) is 20.0 Å². The SMILES string of the molecule is CCCCSC1=C(C#N)C(=O)NC(c2ccc(OC)c(OC)c2)S1. The molecule has 0 spiro atoms. The highest BCUT2D eigenvalue weighted by atomic mass is 32.2. The lowest BCUT2D eigenvalue weighted by atomic mass is 10.2. The molecule has 1 aromatic carbocycles. The highest BCUT2D eigenvalue weighted by molar-refractivity contribution is 8.22. The van der Waals surface area contributed by atoms with E-state index in [0.29, 0.717) is 11.5 Å². The number of hydrogen-bond acceptors (Lipinski definition) is 6. The van der Waals surface area contributed by atoms with E-state index in [9.17, 15) is 10.1 Å². The van der Waals surface area contributed by atoms with Crippen molar-refractivity contribution in [3.05, 3.63) is 33.6 Å². The molecule has 1 unspecified atom stereocenters. The molecule has 0 bridgehead atoms. The molecule has 0 saturated carbocycles. The van der Waals surface area contributed by atoms with E-state index in [2.05, 4.69) is 12.2 Å². The lowest BCUT2D eigenvalue weighted by Gasteiger charge is -2.25. The van der Waals surface area contributed by atoms with Gasteiger partial charge in [0.1, 0.15) is 17.0 Å². The Hall–Kier alpha value is -1.78. The summed E-state index contributed by atoms with van der Waals surface area (Å²) in [5, 5.41) is 11.9. The summed E-state index contributed by atoms with van der Waals surface area (Å²) in [5.41, 5.74) is 1.11. The van der Waals surface area contributed by atoms with E-state index in [-0.39, 0.29) is 16.9 Å². The van der Waals surface area contributed by atoms with Crippen molar-refractivity contribution in [3.8, 4) is 17.6 Å². The van der Waals surface area contributed by atoms with E-state index in [1.165, 1.54) is 11.8 Å². The first-order valence-electron chi connectivity index (χ1n) is 7.61. The zero-order valence-electron chi connectivity index (χ0n) is 13.9. The van der Waals surface area contributed by atoms with Crippen LogP contribution < -0.4 is 14.8 Å². The van der Waals surface area contributed by atoms with Crippen LogP contribution in [0.1, 0.15) is 30.7 Å². The maximum absolute atomic E-state index is 12.3. The van der Waals surface area contributed by atoms with Crippen LogP contribution in [0, 0.1) is 11.3 Å². The predicted molar refractivity (Wildman–Crippen MR) is 98.0 cm³/mol. The number of carbonyl (C=O) groups excluding carboxylic acids is 1. The number of carbonyl (C=O) groups is 1. The first kappa shape index (κ1) is 18.6. The summed E-state index contributed by atoms with van der Waals surface area (Å²) in [6.45, 7) is 2.12. The monoisotopic (exact) mass is 364 g/mol. The third-order valence-corrected chi connectivity index (χ3v) is 6.12. The number of benzene rings is 1. The Bertz CT molecular complexity index is 683. The topological polar surface area (TPSA) is 71.4 Å². The fourth-order valence-corrected chi connectivity index (χ4v) is 4.79. The van der Waals surface area contributed by atoms with Crippen LogP contribution in [0.5, 0.6) is 11.5 Å². The van der Waals surface area contributed by atoms with Gasteiger partial charge in [0, 0.05) is 0 Å².